The first-order valence-electron chi connectivity index (χ1n) is 7.28. The SMILES string of the molecule is Cc1cn([C@H]2CN(C)C[C@@H](CO[PH](=O)N(C)C)O2)c(=O)[nH]c1=O. The van der Waals surface area contributed by atoms with Crippen LogP contribution in [0.15, 0.2) is 15.8 Å². The molecule has 1 fully saturated rings. The maximum Gasteiger partial charge on any atom is 0.330 e. The maximum absolute atomic E-state index is 12.0. The van der Waals surface area contributed by atoms with Crippen molar-refractivity contribution in [2.75, 3.05) is 40.8 Å². The summed E-state index contributed by atoms with van der Waals surface area (Å²) in [5.74, 6) is 0. The molecule has 23 heavy (non-hydrogen) atoms. The van der Waals surface area contributed by atoms with Crippen molar-refractivity contribution in [3.63, 3.8) is 0 Å². The normalized spacial score (nSPS) is 24.0. The number of hydrogen-bond acceptors (Lipinski definition) is 6. The van der Waals surface area contributed by atoms with Crippen molar-refractivity contribution in [1.29, 1.82) is 0 Å². The lowest BCUT2D eigenvalue weighted by molar-refractivity contribution is -0.127. The molecule has 3 atom stereocenters. The van der Waals surface area contributed by atoms with Crippen molar-refractivity contribution in [1.82, 2.24) is 19.1 Å². The number of nitrogens with one attached hydrogen (secondary N) is 1. The number of aromatic nitrogens is 2. The predicted octanol–water partition coefficient (Wildman–Crippen LogP) is -0.358. The molecule has 1 aliphatic heterocycles. The van der Waals surface area contributed by atoms with Gasteiger partial charge < -0.3 is 9.26 Å². The summed E-state index contributed by atoms with van der Waals surface area (Å²) < 4.78 is 25.8. The highest BCUT2D eigenvalue weighted by Crippen LogP contribution is 2.26. The molecule has 0 aromatic carbocycles. The van der Waals surface area contributed by atoms with E-state index in [1.165, 1.54) is 15.4 Å². The molecule has 0 radical (unpaired) electrons. The van der Waals surface area contributed by atoms with Crippen molar-refractivity contribution in [2.24, 2.45) is 0 Å². The molecule has 1 aromatic rings. The zero-order chi connectivity index (χ0) is 17.1. The van der Waals surface area contributed by atoms with Crippen LogP contribution in [0.4, 0.5) is 0 Å². The second kappa shape index (κ2) is 7.55. The van der Waals surface area contributed by atoms with E-state index in [0.29, 0.717) is 18.7 Å². The van der Waals surface area contributed by atoms with Crippen molar-refractivity contribution in [2.45, 2.75) is 19.3 Å². The smallest absolute Gasteiger partial charge is 0.330 e. The highest BCUT2D eigenvalue weighted by molar-refractivity contribution is 7.36. The van der Waals surface area contributed by atoms with Crippen LogP contribution >= 0.6 is 8.18 Å². The fourth-order valence-corrected chi connectivity index (χ4v) is 2.92. The number of rotatable bonds is 5. The highest BCUT2D eigenvalue weighted by atomic mass is 31.1. The molecular weight excluding hydrogens is 323 g/mol. The van der Waals surface area contributed by atoms with Gasteiger partial charge in [0.25, 0.3) is 13.7 Å². The minimum atomic E-state index is -2.26. The van der Waals surface area contributed by atoms with E-state index >= 15 is 0 Å². The van der Waals surface area contributed by atoms with Gasteiger partial charge in [0, 0.05) is 24.8 Å². The van der Waals surface area contributed by atoms with Crippen LogP contribution in [0.1, 0.15) is 11.8 Å². The summed E-state index contributed by atoms with van der Waals surface area (Å²) in [6, 6.07) is 0. The molecule has 1 aromatic heterocycles. The van der Waals surface area contributed by atoms with Gasteiger partial charge in [0.2, 0.25) is 0 Å². The zero-order valence-corrected chi connectivity index (χ0v) is 14.7. The second-order valence-corrected chi connectivity index (χ2v) is 7.60. The Morgan fingerprint density at radius 3 is 2.78 bits per heavy atom. The van der Waals surface area contributed by atoms with Gasteiger partial charge >= 0.3 is 5.69 Å². The molecule has 1 N–H and O–H groups in total. The molecule has 1 saturated heterocycles. The maximum atomic E-state index is 12.0. The lowest BCUT2D eigenvalue weighted by Crippen LogP contribution is -2.48. The van der Waals surface area contributed by atoms with Crippen molar-refractivity contribution >= 4 is 8.18 Å². The molecule has 0 aliphatic carbocycles. The molecule has 130 valence electrons. The molecule has 2 rings (SSSR count). The summed E-state index contributed by atoms with van der Waals surface area (Å²) in [7, 11) is 3.01. The summed E-state index contributed by atoms with van der Waals surface area (Å²) >= 11 is 0. The average Bonchev–Trinajstić information content (AvgIpc) is 2.47. The summed E-state index contributed by atoms with van der Waals surface area (Å²) in [6.07, 6.45) is 0.643. The van der Waals surface area contributed by atoms with Crippen LogP contribution in [0, 0.1) is 6.92 Å². The topological polar surface area (TPSA) is 96.9 Å². The molecule has 0 saturated carbocycles. The minimum Gasteiger partial charge on any atom is -0.350 e. The third-order valence-electron chi connectivity index (χ3n) is 3.55. The average molecular weight is 346 g/mol. The number of ether oxygens (including phenoxy) is 1. The van der Waals surface area contributed by atoms with Crippen LogP contribution in [0.5, 0.6) is 0 Å². The van der Waals surface area contributed by atoms with Crippen LogP contribution < -0.4 is 11.2 Å². The van der Waals surface area contributed by atoms with Crippen LogP contribution in [0.2, 0.25) is 0 Å². The lowest BCUT2D eigenvalue weighted by atomic mass is 10.2. The molecule has 1 aliphatic rings. The quantitative estimate of drug-likeness (QED) is 0.728. The number of nitrogens with zero attached hydrogens (tertiary/aromatic N) is 3. The van der Waals surface area contributed by atoms with E-state index in [9.17, 15) is 14.2 Å². The number of morpholine rings is 1. The molecule has 10 heteroatoms. The first-order chi connectivity index (χ1) is 10.8. The Hall–Kier alpha value is -1.25. The summed E-state index contributed by atoms with van der Waals surface area (Å²) in [6.45, 7) is 2.92. The monoisotopic (exact) mass is 346 g/mol. The highest BCUT2D eigenvalue weighted by Gasteiger charge is 2.28. The van der Waals surface area contributed by atoms with E-state index in [1.54, 1.807) is 21.0 Å². The number of aromatic amines is 1. The fraction of sp³-hybridized carbons (Fsp3) is 0.692. The van der Waals surface area contributed by atoms with E-state index in [0.717, 1.165) is 0 Å². The van der Waals surface area contributed by atoms with Gasteiger partial charge in [-0.25, -0.2) is 9.46 Å². The predicted molar refractivity (Wildman–Crippen MR) is 86.1 cm³/mol. The van der Waals surface area contributed by atoms with Crippen LogP contribution in [-0.2, 0) is 13.8 Å². The fourth-order valence-electron chi connectivity index (χ4n) is 2.34. The van der Waals surface area contributed by atoms with Gasteiger partial charge in [-0.2, -0.15) is 0 Å². The number of H-pyrrole nitrogens is 1. The second-order valence-electron chi connectivity index (χ2n) is 5.88. The van der Waals surface area contributed by atoms with Gasteiger partial charge in [-0.1, -0.05) is 0 Å². The largest absolute Gasteiger partial charge is 0.350 e. The van der Waals surface area contributed by atoms with Crippen LogP contribution in [0.25, 0.3) is 0 Å². The first-order valence-corrected chi connectivity index (χ1v) is 8.54. The van der Waals surface area contributed by atoms with Gasteiger partial charge in [-0.3, -0.25) is 23.8 Å². The summed E-state index contributed by atoms with van der Waals surface area (Å²) in [5, 5.41) is 0. The van der Waals surface area contributed by atoms with Crippen molar-refractivity contribution in [3.8, 4) is 0 Å². The van der Waals surface area contributed by atoms with E-state index < -0.39 is 25.7 Å². The van der Waals surface area contributed by atoms with Gasteiger partial charge in [-0.05, 0) is 28.1 Å². The van der Waals surface area contributed by atoms with Crippen LogP contribution in [-0.4, -0.2) is 66.1 Å². The van der Waals surface area contributed by atoms with Gasteiger partial charge in [0.15, 0.2) is 6.23 Å². The number of aryl methyl sites for hydroxylation is 1. The van der Waals surface area contributed by atoms with Gasteiger partial charge in [0.05, 0.1) is 12.7 Å². The van der Waals surface area contributed by atoms with Crippen LogP contribution in [0.3, 0.4) is 0 Å². The third kappa shape index (κ3) is 4.62. The molecule has 0 bridgehead atoms. The van der Waals surface area contributed by atoms with E-state index in [-0.39, 0.29) is 12.7 Å². The number of hydrogen-bond donors (Lipinski definition) is 1. The Labute approximate surface area is 134 Å². The van der Waals surface area contributed by atoms with Crippen molar-refractivity contribution < 1.29 is 13.8 Å². The molecule has 9 nitrogen and oxygen atoms in total. The summed E-state index contributed by atoms with van der Waals surface area (Å²) in [5.41, 5.74) is -0.478. The molecule has 0 amide bonds. The number of likely N-dealkylation sites (N-methyl/N-ethyl adjacent to an activating group) is 1. The molecular formula is C13H23N4O5P. The summed E-state index contributed by atoms with van der Waals surface area (Å²) in [4.78, 5) is 27.7. The standard InChI is InChI=1S/C13H23N4O5P/c1-9-5-17(13(19)14-12(9)18)11-7-16(4)6-10(22-11)8-21-23(20)15(2)3/h5,10-11,23H,6-8H2,1-4H3,(H,14,18,19)/t10-,11+/m0/s1. The van der Waals surface area contributed by atoms with E-state index in [2.05, 4.69) is 4.98 Å². The minimum absolute atomic E-state index is 0.175. The molecule has 2 heterocycles. The van der Waals surface area contributed by atoms with Gasteiger partial charge in [-0.15, -0.1) is 0 Å². The van der Waals surface area contributed by atoms with E-state index in [1.807, 2.05) is 11.9 Å². The Bertz CT molecular complexity index is 686. The Morgan fingerprint density at radius 2 is 2.13 bits per heavy atom. The van der Waals surface area contributed by atoms with E-state index in [4.69, 9.17) is 9.26 Å². The van der Waals surface area contributed by atoms with Gasteiger partial charge in [0.1, 0.15) is 0 Å². The first kappa shape index (κ1) is 18.1. The Morgan fingerprint density at radius 1 is 1.43 bits per heavy atom. The molecule has 1 unspecified atom stereocenters. The third-order valence-corrected chi connectivity index (χ3v) is 4.69. The Balaban J connectivity index is 2.12. The Kier molecular flexibility index (Phi) is 5.94. The lowest BCUT2D eigenvalue weighted by Gasteiger charge is -2.36. The zero-order valence-electron chi connectivity index (χ0n) is 13.7. The molecule has 0 spiro atoms. The van der Waals surface area contributed by atoms with Crippen molar-refractivity contribution in [3.05, 3.63) is 32.6 Å².